The van der Waals surface area contributed by atoms with E-state index in [1.807, 2.05) is 100 Å². The Hall–Kier alpha value is -10.7. The highest BCUT2D eigenvalue weighted by Gasteiger charge is 2.59. The second-order valence-corrected chi connectivity index (χ2v) is 32.6. The number of carbonyl (C=O) groups is 11. The summed E-state index contributed by atoms with van der Waals surface area (Å²) in [4.78, 5) is 143. The first-order valence-electron chi connectivity index (χ1n) is 41.2. The molecule has 5 aromatic rings. The number of anilines is 3. The fourth-order valence-corrected chi connectivity index (χ4v) is 17.5. The summed E-state index contributed by atoms with van der Waals surface area (Å²) in [6, 6.07) is 30.9. The predicted octanol–water partition coefficient (Wildman–Crippen LogP) is 10.0. The predicted molar refractivity (Wildman–Crippen MR) is 445 cm³/mol. The molecule has 28 nitrogen and oxygen atoms in total. The monoisotopic (exact) mass is 1630 g/mol. The number of phenols is 1. The van der Waals surface area contributed by atoms with Crippen molar-refractivity contribution in [3.63, 3.8) is 0 Å². The zero-order valence-electron chi connectivity index (χ0n) is 69.3. The minimum Gasteiger partial charge on any atom is -0.508 e. The number of alkyl carbamates (subject to hydrolysis) is 1. The van der Waals surface area contributed by atoms with E-state index in [4.69, 9.17) is 29.4 Å². The number of aromatic hydroxyl groups is 1. The molecular formula is C90H118N10O18. The highest BCUT2D eigenvalue weighted by atomic mass is 16.6. The molecule has 0 radical (unpaired) electrons. The molecule has 0 saturated heterocycles. The molecule has 1 heterocycles. The standard InChI is InChI=1S/C54H70N6O10.C36H48N4O8/c1-32(9-6-28-56-49(55)68)45(64)57-36-16-10-33(11-17-36)31-70-50(69)59-41(20-23-44(62)63)46(65)58-37-18-12-34-14-21-42-51(2,39(34)29-37)24-7-26-53(42,4)47(66)60-48(67)54(5)27-8-25-52(3)40-30-38(61)19-13-35(40)15-22-43(52)54;1-27(2)35(36(44)37-3)39-33(42)16-18-45-20-22-47-24-25-48-23-21-46-19-17-38-32(41)14-15-34(43)40-26-30-10-5-4-8-28(30)12-13-29-9-6-7-11-31(29)40/h10-13,16-19,29-30,32,41-43,61H,6-9,14-15,20-28,31H2,1-5H3,(H,57,64)(H,58,65)(H,59,69)(H,62,63)(H3,55,56,68)(H,60,66,67);4-11,27,35H,14-26H2,1-3H3,(H,37,44)(H,38,41)(H,39,42)/t32-,41-,42+,43+,51+,52+,53-,54-;35-/m00/s1. The van der Waals surface area contributed by atoms with Crippen molar-refractivity contribution >= 4 is 82.4 Å². The second kappa shape index (κ2) is 43.1. The number of nitrogens with one attached hydrogen (secondary N) is 8. The molecule has 1 aliphatic heterocycles. The number of imide groups is 1. The summed E-state index contributed by atoms with van der Waals surface area (Å²) in [5, 5.41) is 41.8. The van der Waals surface area contributed by atoms with Crippen molar-refractivity contribution in [1.82, 2.24) is 31.9 Å². The maximum Gasteiger partial charge on any atom is 0.408 e. The van der Waals surface area contributed by atoms with E-state index >= 15 is 0 Å². The Bertz CT molecular complexity index is 4450. The van der Waals surface area contributed by atoms with Crippen LogP contribution in [0.4, 0.5) is 26.7 Å². The highest BCUT2D eigenvalue weighted by molar-refractivity contribution is 6.01. The summed E-state index contributed by atoms with van der Waals surface area (Å²) < 4.78 is 27.3. The van der Waals surface area contributed by atoms with E-state index in [2.05, 4.69) is 68.2 Å². The third kappa shape index (κ3) is 24.5. The van der Waals surface area contributed by atoms with Gasteiger partial charge in [0.05, 0.1) is 75.9 Å². The van der Waals surface area contributed by atoms with Gasteiger partial charge >= 0.3 is 18.1 Å². The minimum atomic E-state index is -1.24. The van der Waals surface area contributed by atoms with Crippen LogP contribution < -0.4 is 53.2 Å². The van der Waals surface area contributed by atoms with Crippen LogP contribution in [-0.2, 0) is 104 Å². The van der Waals surface area contributed by atoms with Crippen LogP contribution in [0.25, 0.3) is 0 Å². The zero-order chi connectivity index (χ0) is 85.2. The number of primary amides is 1. The number of nitrogens with two attached hydrogens (primary N) is 1. The van der Waals surface area contributed by atoms with Crippen LogP contribution >= 0.6 is 0 Å². The van der Waals surface area contributed by atoms with Crippen molar-refractivity contribution in [2.75, 3.05) is 88.5 Å². The number of aryl methyl sites for hydroxylation is 2. The van der Waals surface area contributed by atoms with Gasteiger partial charge in [-0.15, -0.1) is 0 Å². The highest BCUT2D eigenvalue weighted by Crippen LogP contribution is 2.60. The maximum atomic E-state index is 14.7. The van der Waals surface area contributed by atoms with Gasteiger partial charge in [-0.1, -0.05) is 128 Å². The van der Waals surface area contributed by atoms with Gasteiger partial charge in [0.2, 0.25) is 47.3 Å². The summed E-state index contributed by atoms with van der Waals surface area (Å²) in [6.07, 6.45) is 7.61. The number of fused-ring (bicyclic) bond motifs is 8. The van der Waals surface area contributed by atoms with Gasteiger partial charge in [-0.05, 0) is 187 Å². The first-order valence-corrected chi connectivity index (χ1v) is 41.2. The van der Waals surface area contributed by atoms with Crippen LogP contribution in [0.3, 0.4) is 0 Å². The molecule has 5 aliphatic rings. The van der Waals surface area contributed by atoms with E-state index < -0.39 is 52.3 Å². The topological polar surface area (TPSA) is 400 Å². The lowest BCUT2D eigenvalue weighted by Crippen LogP contribution is -2.60. The number of benzene rings is 5. The largest absolute Gasteiger partial charge is 0.508 e. The SMILES string of the molecule is CNC(=O)[C@@H](NC(=O)CCOCCOCCOCCOCCNC(=O)CCC(=O)N1Cc2ccccc2C#Cc2ccccc21)C(C)C.C[C@@H](CCCNC(N)=O)C(=O)Nc1ccc(COC(=O)N[C@@H](CCC(=O)O)C(=O)Nc2ccc3c(c2)[C@@]2(C)CCC[C@](C)(C(=O)NC(=O)[C@@]4(C)CCC[C@]5(C)c6cc(O)ccc6CC[C@@H]45)[C@@H]2CC3)cc1. The number of rotatable bonds is 37. The number of ether oxygens (including phenoxy) is 5. The maximum absolute atomic E-state index is 14.7. The molecule has 12 N–H and O–H groups in total. The number of hydrogen-bond donors (Lipinski definition) is 11. The average molecular weight is 1630 g/mol. The molecule has 0 spiro atoms. The van der Waals surface area contributed by atoms with E-state index in [0.29, 0.717) is 115 Å². The lowest BCUT2D eigenvalue weighted by atomic mass is 9.49. The number of hydrogen-bond acceptors (Lipinski definition) is 17. The Labute approximate surface area is 691 Å². The van der Waals surface area contributed by atoms with Crippen LogP contribution in [-0.4, -0.2) is 161 Å². The van der Waals surface area contributed by atoms with E-state index in [1.54, 1.807) is 55.3 Å². The molecule has 0 bridgehead atoms. The minimum absolute atomic E-state index is 0.000740. The smallest absolute Gasteiger partial charge is 0.408 e. The number of likely N-dealkylation sites (N-methyl/N-ethyl adjacent to an activating group) is 1. The Kier molecular flexibility index (Phi) is 33.3. The van der Waals surface area contributed by atoms with Crippen molar-refractivity contribution < 1.29 is 86.6 Å². The molecule has 4 aliphatic carbocycles. The van der Waals surface area contributed by atoms with E-state index in [1.165, 1.54) is 5.56 Å². The summed E-state index contributed by atoms with van der Waals surface area (Å²) in [5.41, 5.74) is 12.1. The molecule has 5 aromatic carbocycles. The Morgan fingerprint density at radius 1 is 0.568 bits per heavy atom. The quantitative estimate of drug-likeness (QED) is 0.01000. The average Bonchev–Trinajstić information content (AvgIpc) is 0.721. The molecular weight excluding hydrogens is 1510 g/mol. The molecule has 28 heteroatoms. The normalized spacial score (nSPS) is 20.6. The number of carboxylic acid groups (broad SMARTS) is 1. The van der Waals surface area contributed by atoms with Gasteiger partial charge in [0, 0.05) is 74.2 Å². The van der Waals surface area contributed by atoms with Crippen molar-refractivity contribution in [2.45, 2.75) is 194 Å². The van der Waals surface area contributed by atoms with Crippen molar-refractivity contribution in [3.05, 3.63) is 154 Å². The van der Waals surface area contributed by atoms with Crippen LogP contribution in [0, 0.1) is 46.3 Å². The lowest BCUT2D eigenvalue weighted by Gasteiger charge is -2.56. The number of para-hydroxylation sites is 1. The number of nitrogens with zero attached hydrogens (tertiary/aromatic N) is 1. The summed E-state index contributed by atoms with van der Waals surface area (Å²) >= 11 is 0. The number of amides is 11. The van der Waals surface area contributed by atoms with Crippen LogP contribution in [0.2, 0.25) is 0 Å². The third-order valence-electron chi connectivity index (χ3n) is 24.0. The van der Waals surface area contributed by atoms with Crippen LogP contribution in [0.1, 0.15) is 189 Å². The van der Waals surface area contributed by atoms with Gasteiger partial charge in [0.1, 0.15) is 24.4 Å². The molecule has 636 valence electrons. The Balaban J connectivity index is 0.000000289. The fourth-order valence-electron chi connectivity index (χ4n) is 17.5. The van der Waals surface area contributed by atoms with Crippen molar-refractivity contribution in [2.24, 2.45) is 40.2 Å². The number of aliphatic carboxylic acids is 1. The third-order valence-corrected chi connectivity index (χ3v) is 24.0. The Morgan fingerprint density at radius 3 is 1.75 bits per heavy atom. The molecule has 2 saturated carbocycles. The lowest BCUT2D eigenvalue weighted by molar-refractivity contribution is -0.150. The molecule has 2 fully saturated rings. The van der Waals surface area contributed by atoms with Crippen molar-refractivity contribution in [3.8, 4) is 17.6 Å². The van der Waals surface area contributed by atoms with E-state index in [9.17, 15) is 63.0 Å². The fraction of sp³-hybridized carbons (Fsp3) is 0.522. The van der Waals surface area contributed by atoms with E-state index in [0.717, 1.165) is 84.0 Å². The molecule has 118 heavy (non-hydrogen) atoms. The first kappa shape index (κ1) is 91.2. The molecule has 11 amide bonds. The molecule has 0 unspecified atom stereocenters. The number of carbonyl (C=O) groups excluding carboxylic acids is 10. The second-order valence-electron chi connectivity index (χ2n) is 32.6. The number of urea groups is 1. The molecule has 10 rings (SSSR count). The number of phenolic OH excluding ortho intramolecular Hbond substituents is 1. The molecule has 0 aromatic heterocycles. The van der Waals surface area contributed by atoms with Crippen molar-refractivity contribution in [1.29, 1.82) is 0 Å². The number of carboxylic acids is 1. The van der Waals surface area contributed by atoms with Crippen LogP contribution in [0.15, 0.2) is 109 Å². The summed E-state index contributed by atoms with van der Waals surface area (Å²) in [5.74, 6) is 2.92. The molecule has 9 atom stereocenters. The zero-order valence-corrected chi connectivity index (χ0v) is 69.3. The Morgan fingerprint density at radius 2 is 1.14 bits per heavy atom. The van der Waals surface area contributed by atoms with Gasteiger partial charge in [0.25, 0.3) is 0 Å². The van der Waals surface area contributed by atoms with Gasteiger partial charge < -0.3 is 81.7 Å². The van der Waals surface area contributed by atoms with Gasteiger partial charge in [-0.25, -0.2) is 9.59 Å². The van der Waals surface area contributed by atoms with Gasteiger partial charge in [-0.3, -0.25) is 48.5 Å². The van der Waals surface area contributed by atoms with Gasteiger partial charge in [0.15, 0.2) is 0 Å². The van der Waals surface area contributed by atoms with E-state index in [-0.39, 0.29) is 122 Å². The summed E-state index contributed by atoms with van der Waals surface area (Å²) in [7, 11) is 1.54. The first-order chi connectivity index (χ1) is 56.5. The van der Waals surface area contributed by atoms with Crippen LogP contribution in [0.5, 0.6) is 5.75 Å². The van der Waals surface area contributed by atoms with Gasteiger partial charge in [-0.2, -0.15) is 0 Å². The summed E-state index contributed by atoms with van der Waals surface area (Å²) in [6.45, 7) is 17.7.